The van der Waals surface area contributed by atoms with Gasteiger partial charge in [-0.3, -0.25) is 4.79 Å². The molecule has 1 saturated carbocycles. The van der Waals surface area contributed by atoms with E-state index in [2.05, 4.69) is 47.2 Å². The molecule has 0 N–H and O–H groups in total. The minimum absolute atomic E-state index is 0.154. The standard InChI is InChI=1S/C35H53N3O3/c1-35(2,3)41-34(40)38(27-28-13-6-5-7-14-28)22-11-10-21-36(4)26-29-19-23-37(24-20-29)33(39)25-31-17-12-16-30-15-8-9-18-32(30)31/h8-9,12,15-18,28-29H,5-7,10-11,13-14,19-27H2,1-4H3. The highest BCUT2D eigenvalue weighted by Gasteiger charge is 2.26. The van der Waals surface area contributed by atoms with Crippen LogP contribution in [0.3, 0.4) is 0 Å². The first-order chi connectivity index (χ1) is 19.7. The number of carbonyl (C=O) groups is 2. The number of nitrogens with zero attached hydrogens (tertiary/aromatic N) is 3. The number of carbonyl (C=O) groups excluding carboxylic acids is 2. The number of ether oxygens (including phenoxy) is 1. The van der Waals surface area contributed by atoms with Gasteiger partial charge in [0.05, 0.1) is 6.42 Å². The van der Waals surface area contributed by atoms with Crippen LogP contribution in [0.15, 0.2) is 42.5 Å². The Bertz CT molecular complexity index is 1110. The van der Waals surface area contributed by atoms with E-state index in [-0.39, 0.29) is 12.0 Å². The lowest BCUT2D eigenvalue weighted by Crippen LogP contribution is -2.42. The van der Waals surface area contributed by atoms with Crippen LogP contribution < -0.4 is 0 Å². The Morgan fingerprint density at radius 3 is 2.24 bits per heavy atom. The molecule has 6 heteroatoms. The quantitative estimate of drug-likeness (QED) is 0.273. The first-order valence-electron chi connectivity index (χ1n) is 16.1. The van der Waals surface area contributed by atoms with Crippen molar-refractivity contribution in [3.8, 4) is 0 Å². The SMILES string of the molecule is CN(CCCCN(CC1CCCCC1)C(=O)OC(C)(C)C)CC1CCN(C(=O)Cc2cccc3ccccc23)CC1. The average Bonchev–Trinajstić information content (AvgIpc) is 2.95. The van der Waals surface area contributed by atoms with Gasteiger partial charge in [-0.1, -0.05) is 61.7 Å². The normalized spacial score (nSPS) is 17.2. The van der Waals surface area contributed by atoms with Gasteiger partial charge in [0.25, 0.3) is 0 Å². The summed E-state index contributed by atoms with van der Waals surface area (Å²) >= 11 is 0. The highest BCUT2D eigenvalue weighted by Crippen LogP contribution is 2.26. The fraction of sp³-hybridized carbons (Fsp3) is 0.657. The summed E-state index contributed by atoms with van der Waals surface area (Å²) in [5, 5.41) is 2.38. The second-order valence-corrected chi connectivity index (χ2v) is 13.5. The molecule has 0 aromatic heterocycles. The zero-order chi connectivity index (χ0) is 29.2. The third kappa shape index (κ3) is 10.0. The van der Waals surface area contributed by atoms with Gasteiger partial charge in [-0.15, -0.1) is 0 Å². The first-order valence-corrected chi connectivity index (χ1v) is 16.1. The zero-order valence-corrected chi connectivity index (χ0v) is 26.1. The maximum atomic E-state index is 13.1. The number of amides is 2. The van der Waals surface area contributed by atoms with Crippen molar-refractivity contribution < 1.29 is 14.3 Å². The molecular weight excluding hydrogens is 510 g/mol. The lowest BCUT2D eigenvalue weighted by molar-refractivity contribution is -0.131. The number of piperidine rings is 1. The van der Waals surface area contributed by atoms with E-state index < -0.39 is 5.60 Å². The van der Waals surface area contributed by atoms with Crippen molar-refractivity contribution in [2.24, 2.45) is 11.8 Å². The van der Waals surface area contributed by atoms with Crippen LogP contribution in [0.1, 0.15) is 84.1 Å². The van der Waals surface area contributed by atoms with E-state index in [9.17, 15) is 9.59 Å². The molecule has 226 valence electrons. The maximum Gasteiger partial charge on any atom is 0.410 e. The zero-order valence-electron chi connectivity index (χ0n) is 26.1. The molecule has 0 atom stereocenters. The topological polar surface area (TPSA) is 53.1 Å². The van der Waals surface area contributed by atoms with E-state index in [1.807, 2.05) is 37.8 Å². The Morgan fingerprint density at radius 1 is 0.854 bits per heavy atom. The van der Waals surface area contributed by atoms with Crippen molar-refractivity contribution in [1.29, 1.82) is 0 Å². The van der Waals surface area contributed by atoms with Gasteiger partial charge in [0.15, 0.2) is 0 Å². The predicted molar refractivity (Wildman–Crippen MR) is 168 cm³/mol. The van der Waals surface area contributed by atoms with E-state index in [1.165, 1.54) is 42.9 Å². The summed E-state index contributed by atoms with van der Waals surface area (Å²) < 4.78 is 5.75. The molecular formula is C35H53N3O3. The molecule has 41 heavy (non-hydrogen) atoms. The van der Waals surface area contributed by atoms with Gasteiger partial charge in [0, 0.05) is 32.7 Å². The minimum atomic E-state index is -0.460. The molecule has 0 bridgehead atoms. The number of hydrogen-bond acceptors (Lipinski definition) is 4. The van der Waals surface area contributed by atoms with Gasteiger partial charge >= 0.3 is 6.09 Å². The number of benzene rings is 2. The second kappa shape index (κ2) is 15.0. The van der Waals surface area contributed by atoms with E-state index in [4.69, 9.17) is 4.74 Å². The van der Waals surface area contributed by atoms with Crippen molar-refractivity contribution in [3.63, 3.8) is 0 Å². The molecule has 1 aliphatic carbocycles. The van der Waals surface area contributed by atoms with Crippen LogP contribution in [0, 0.1) is 11.8 Å². The third-order valence-corrected chi connectivity index (χ3v) is 8.83. The van der Waals surface area contributed by atoms with Gasteiger partial charge in [-0.05, 0) is 101 Å². The molecule has 0 unspecified atom stereocenters. The van der Waals surface area contributed by atoms with Crippen LogP contribution in [0.4, 0.5) is 4.79 Å². The number of unbranched alkanes of at least 4 members (excludes halogenated alkanes) is 1. The molecule has 6 nitrogen and oxygen atoms in total. The Hall–Kier alpha value is -2.60. The van der Waals surface area contributed by atoms with Crippen LogP contribution >= 0.6 is 0 Å². The van der Waals surface area contributed by atoms with Crippen LogP contribution in [0.5, 0.6) is 0 Å². The Balaban J connectivity index is 1.16. The summed E-state index contributed by atoms with van der Waals surface area (Å²) in [6, 6.07) is 14.6. The molecule has 2 amide bonds. The van der Waals surface area contributed by atoms with E-state index in [0.29, 0.717) is 18.3 Å². The molecule has 2 aromatic rings. The lowest BCUT2D eigenvalue weighted by atomic mass is 9.89. The molecule has 0 radical (unpaired) electrons. The Morgan fingerprint density at radius 2 is 1.51 bits per heavy atom. The smallest absolute Gasteiger partial charge is 0.410 e. The first kappa shape index (κ1) is 31.3. The molecule has 1 heterocycles. The molecule has 4 rings (SSSR count). The highest BCUT2D eigenvalue weighted by molar-refractivity contribution is 5.90. The maximum absolute atomic E-state index is 13.1. The number of fused-ring (bicyclic) bond motifs is 1. The van der Waals surface area contributed by atoms with Crippen LogP contribution in [-0.2, 0) is 16.0 Å². The van der Waals surface area contributed by atoms with Gasteiger partial charge < -0.3 is 19.4 Å². The Kier molecular flexibility index (Phi) is 11.5. The fourth-order valence-electron chi connectivity index (χ4n) is 6.57. The fourth-order valence-corrected chi connectivity index (χ4v) is 6.57. The van der Waals surface area contributed by atoms with Crippen molar-refractivity contribution in [2.75, 3.05) is 46.3 Å². The Labute approximate surface area is 248 Å². The van der Waals surface area contributed by atoms with E-state index in [1.54, 1.807) is 0 Å². The summed E-state index contributed by atoms with van der Waals surface area (Å²) in [6.07, 6.45) is 10.9. The molecule has 1 aliphatic heterocycles. The van der Waals surface area contributed by atoms with E-state index >= 15 is 0 Å². The van der Waals surface area contributed by atoms with Gasteiger partial charge in [0.1, 0.15) is 5.60 Å². The monoisotopic (exact) mass is 563 g/mol. The number of rotatable bonds is 11. The van der Waals surface area contributed by atoms with Gasteiger partial charge in [-0.25, -0.2) is 4.79 Å². The third-order valence-electron chi connectivity index (χ3n) is 8.83. The summed E-state index contributed by atoms with van der Waals surface area (Å²) in [5.74, 6) is 1.49. The summed E-state index contributed by atoms with van der Waals surface area (Å²) in [4.78, 5) is 32.5. The van der Waals surface area contributed by atoms with Crippen molar-refractivity contribution in [1.82, 2.24) is 14.7 Å². The molecule has 2 fully saturated rings. The molecule has 0 spiro atoms. The minimum Gasteiger partial charge on any atom is -0.444 e. The van der Waals surface area contributed by atoms with Crippen LogP contribution in [0.2, 0.25) is 0 Å². The van der Waals surface area contributed by atoms with Gasteiger partial charge in [0.2, 0.25) is 5.91 Å². The van der Waals surface area contributed by atoms with Gasteiger partial charge in [-0.2, -0.15) is 0 Å². The second-order valence-electron chi connectivity index (χ2n) is 13.5. The average molecular weight is 564 g/mol. The largest absolute Gasteiger partial charge is 0.444 e. The molecule has 1 saturated heterocycles. The molecule has 2 aliphatic rings. The van der Waals surface area contributed by atoms with Crippen LogP contribution in [-0.4, -0.2) is 78.6 Å². The predicted octanol–water partition coefficient (Wildman–Crippen LogP) is 7.15. The number of hydrogen-bond donors (Lipinski definition) is 0. The lowest BCUT2D eigenvalue weighted by Gasteiger charge is -2.34. The van der Waals surface area contributed by atoms with Crippen molar-refractivity contribution >= 4 is 22.8 Å². The summed E-state index contributed by atoms with van der Waals surface area (Å²) in [7, 11) is 2.21. The van der Waals surface area contributed by atoms with Crippen molar-refractivity contribution in [2.45, 2.75) is 90.6 Å². The molecule has 2 aromatic carbocycles. The number of likely N-dealkylation sites (tertiary alicyclic amines) is 1. The summed E-state index contributed by atoms with van der Waals surface area (Å²) in [6.45, 7) is 11.3. The van der Waals surface area contributed by atoms with E-state index in [0.717, 1.165) is 70.5 Å². The van der Waals surface area contributed by atoms with Crippen LogP contribution in [0.25, 0.3) is 10.8 Å². The highest BCUT2D eigenvalue weighted by atomic mass is 16.6. The van der Waals surface area contributed by atoms with Crippen molar-refractivity contribution in [3.05, 3.63) is 48.0 Å². The summed E-state index contributed by atoms with van der Waals surface area (Å²) in [5.41, 5.74) is 0.664.